The predicted molar refractivity (Wildman–Crippen MR) is 122 cm³/mol. The molecule has 0 aliphatic carbocycles. The molecule has 6 rings (SSSR count). The summed E-state index contributed by atoms with van der Waals surface area (Å²) in [6, 6.07) is 24.6. The minimum atomic E-state index is 0.127. The van der Waals surface area contributed by atoms with Gasteiger partial charge in [-0.1, -0.05) is 75.4 Å². The van der Waals surface area contributed by atoms with Crippen molar-refractivity contribution >= 4 is 54.0 Å². The maximum absolute atomic E-state index is 4.76. The quantitative estimate of drug-likeness (QED) is 0.201. The Balaban J connectivity index is 1.99. The molecule has 1 aromatic heterocycles. The van der Waals surface area contributed by atoms with E-state index in [1.54, 1.807) is 0 Å². The molecule has 1 heterocycles. The molecule has 28 heavy (non-hydrogen) atoms. The summed E-state index contributed by atoms with van der Waals surface area (Å²) >= 11 is 0. The van der Waals surface area contributed by atoms with Crippen LogP contribution in [0.2, 0.25) is 0 Å². The summed E-state index contributed by atoms with van der Waals surface area (Å²) in [7, 11) is 0. The van der Waals surface area contributed by atoms with E-state index >= 15 is 0 Å². The van der Waals surface area contributed by atoms with Gasteiger partial charge in [0.25, 0.3) is 0 Å². The van der Waals surface area contributed by atoms with Gasteiger partial charge in [-0.05, 0) is 55.4 Å². The van der Waals surface area contributed by atoms with Crippen LogP contribution in [0.15, 0.2) is 72.9 Å². The fraction of sp³-hybridized carbons (Fsp3) is 0.148. The van der Waals surface area contributed by atoms with Gasteiger partial charge in [-0.2, -0.15) is 0 Å². The standard InChI is InChI=1S/C27H21N/c1-27(2,3)16-12-13-17-18-7-5-10-22-25(18)24-19(21-11-6-14-28-26(21)22)8-4-9-20(24)23(17)15-16/h4-15H,1-3H3. The van der Waals surface area contributed by atoms with Gasteiger partial charge in [0, 0.05) is 22.4 Å². The molecule has 1 heteroatoms. The zero-order valence-corrected chi connectivity index (χ0v) is 16.4. The van der Waals surface area contributed by atoms with Gasteiger partial charge in [-0.25, -0.2) is 0 Å². The van der Waals surface area contributed by atoms with Crippen LogP contribution in [-0.2, 0) is 5.41 Å². The minimum absolute atomic E-state index is 0.127. The van der Waals surface area contributed by atoms with E-state index in [0.717, 1.165) is 5.52 Å². The van der Waals surface area contributed by atoms with Crippen molar-refractivity contribution in [2.75, 3.05) is 0 Å². The highest BCUT2D eigenvalue weighted by Crippen LogP contribution is 2.44. The molecule has 0 spiro atoms. The number of hydrogen-bond acceptors (Lipinski definition) is 1. The maximum Gasteiger partial charge on any atom is 0.0786 e. The van der Waals surface area contributed by atoms with Gasteiger partial charge in [0.05, 0.1) is 5.52 Å². The van der Waals surface area contributed by atoms with Crippen LogP contribution in [-0.4, -0.2) is 4.98 Å². The summed E-state index contributed by atoms with van der Waals surface area (Å²) in [5.41, 5.74) is 2.60. The second kappa shape index (κ2) is 5.20. The van der Waals surface area contributed by atoms with Gasteiger partial charge < -0.3 is 0 Å². The van der Waals surface area contributed by atoms with E-state index in [1.807, 2.05) is 12.3 Å². The summed E-state index contributed by atoms with van der Waals surface area (Å²) in [6.07, 6.45) is 1.90. The van der Waals surface area contributed by atoms with Crippen molar-refractivity contribution in [1.29, 1.82) is 0 Å². The Labute approximate surface area is 163 Å². The van der Waals surface area contributed by atoms with E-state index in [4.69, 9.17) is 4.98 Å². The molecule has 0 unspecified atom stereocenters. The van der Waals surface area contributed by atoms with Crippen LogP contribution >= 0.6 is 0 Å². The normalized spacial score (nSPS) is 12.8. The zero-order valence-electron chi connectivity index (χ0n) is 16.4. The third-order valence-electron chi connectivity index (χ3n) is 6.20. The van der Waals surface area contributed by atoms with E-state index in [9.17, 15) is 0 Å². The van der Waals surface area contributed by atoms with Crippen molar-refractivity contribution < 1.29 is 0 Å². The monoisotopic (exact) mass is 359 g/mol. The van der Waals surface area contributed by atoms with Gasteiger partial charge >= 0.3 is 0 Å². The molecule has 0 saturated heterocycles. The highest BCUT2D eigenvalue weighted by atomic mass is 14.6. The van der Waals surface area contributed by atoms with Crippen LogP contribution in [0.5, 0.6) is 0 Å². The number of pyridine rings is 1. The van der Waals surface area contributed by atoms with Crippen molar-refractivity contribution in [2.24, 2.45) is 0 Å². The Morgan fingerprint density at radius 2 is 1.18 bits per heavy atom. The maximum atomic E-state index is 4.76. The van der Waals surface area contributed by atoms with Crippen LogP contribution in [0.3, 0.4) is 0 Å². The molecule has 0 radical (unpaired) electrons. The molecule has 0 bridgehead atoms. The van der Waals surface area contributed by atoms with Gasteiger partial charge in [-0.15, -0.1) is 0 Å². The first kappa shape index (κ1) is 15.8. The molecule has 0 saturated carbocycles. The molecular formula is C27H21N. The van der Waals surface area contributed by atoms with Crippen LogP contribution in [0.25, 0.3) is 54.0 Å². The molecule has 0 aliphatic rings. The van der Waals surface area contributed by atoms with Crippen LogP contribution in [0.1, 0.15) is 26.3 Å². The average molecular weight is 359 g/mol. The molecule has 0 aliphatic heterocycles. The fourth-order valence-corrected chi connectivity index (χ4v) is 4.82. The van der Waals surface area contributed by atoms with E-state index < -0.39 is 0 Å². The number of aromatic nitrogens is 1. The molecule has 5 aromatic carbocycles. The molecule has 0 fully saturated rings. The number of rotatable bonds is 0. The largest absolute Gasteiger partial charge is 0.256 e. The lowest BCUT2D eigenvalue weighted by atomic mass is 9.83. The highest BCUT2D eigenvalue weighted by Gasteiger charge is 2.19. The predicted octanol–water partition coefficient (Wildman–Crippen LogP) is 7.58. The van der Waals surface area contributed by atoms with E-state index in [1.165, 1.54) is 54.0 Å². The summed E-state index contributed by atoms with van der Waals surface area (Å²) < 4.78 is 0. The Hall–Kier alpha value is -3.19. The van der Waals surface area contributed by atoms with Crippen molar-refractivity contribution in [2.45, 2.75) is 26.2 Å². The Kier molecular flexibility index (Phi) is 2.94. The summed E-state index contributed by atoms with van der Waals surface area (Å²) in [5.74, 6) is 0. The lowest BCUT2D eigenvalue weighted by Gasteiger charge is -2.21. The number of hydrogen-bond donors (Lipinski definition) is 0. The lowest BCUT2D eigenvalue weighted by molar-refractivity contribution is 0.591. The molecule has 134 valence electrons. The van der Waals surface area contributed by atoms with Gasteiger partial charge in [0.1, 0.15) is 0 Å². The second-order valence-corrected chi connectivity index (χ2v) is 8.87. The molecule has 0 amide bonds. The fourth-order valence-electron chi connectivity index (χ4n) is 4.82. The van der Waals surface area contributed by atoms with Crippen LogP contribution in [0.4, 0.5) is 0 Å². The summed E-state index contributed by atoms with van der Waals surface area (Å²) in [5, 5.41) is 11.8. The Morgan fingerprint density at radius 1 is 0.571 bits per heavy atom. The molecule has 0 N–H and O–H groups in total. The van der Waals surface area contributed by atoms with Crippen molar-refractivity contribution in [1.82, 2.24) is 4.98 Å². The summed E-state index contributed by atoms with van der Waals surface area (Å²) in [4.78, 5) is 4.76. The van der Waals surface area contributed by atoms with Crippen molar-refractivity contribution in [3.63, 3.8) is 0 Å². The molecule has 0 atom stereocenters. The van der Waals surface area contributed by atoms with Gasteiger partial charge in [-0.3, -0.25) is 4.98 Å². The first-order chi connectivity index (χ1) is 13.5. The second-order valence-electron chi connectivity index (χ2n) is 8.87. The number of fused-ring (bicyclic) bond motifs is 6. The Bertz CT molecular complexity index is 1530. The Morgan fingerprint density at radius 3 is 1.93 bits per heavy atom. The van der Waals surface area contributed by atoms with E-state index in [0.29, 0.717) is 0 Å². The van der Waals surface area contributed by atoms with E-state index in [-0.39, 0.29) is 5.41 Å². The zero-order chi connectivity index (χ0) is 19.0. The lowest BCUT2D eigenvalue weighted by Crippen LogP contribution is -2.10. The topological polar surface area (TPSA) is 12.9 Å². The van der Waals surface area contributed by atoms with Crippen LogP contribution in [0, 0.1) is 0 Å². The van der Waals surface area contributed by atoms with Gasteiger partial charge in [0.15, 0.2) is 0 Å². The van der Waals surface area contributed by atoms with Crippen molar-refractivity contribution in [3.05, 3.63) is 78.5 Å². The third-order valence-corrected chi connectivity index (χ3v) is 6.20. The third kappa shape index (κ3) is 1.94. The average Bonchev–Trinajstić information content (AvgIpc) is 2.72. The first-order valence-corrected chi connectivity index (χ1v) is 9.91. The molecule has 6 aromatic rings. The summed E-state index contributed by atoms with van der Waals surface area (Å²) in [6.45, 7) is 6.85. The smallest absolute Gasteiger partial charge is 0.0786 e. The van der Waals surface area contributed by atoms with Crippen LogP contribution < -0.4 is 0 Å². The SMILES string of the molecule is CC(C)(C)c1ccc2c(c1)c1cccc3c4cccnc4c4cccc2c4c13. The number of nitrogens with zero attached hydrogens (tertiary/aromatic N) is 1. The highest BCUT2D eigenvalue weighted by molar-refractivity contribution is 6.39. The van der Waals surface area contributed by atoms with E-state index in [2.05, 4.69) is 81.4 Å². The van der Waals surface area contributed by atoms with Gasteiger partial charge in [0.2, 0.25) is 0 Å². The number of benzene rings is 5. The first-order valence-electron chi connectivity index (χ1n) is 9.91. The minimum Gasteiger partial charge on any atom is -0.256 e. The molecule has 1 nitrogen and oxygen atoms in total. The molecular weight excluding hydrogens is 338 g/mol. The van der Waals surface area contributed by atoms with Crippen molar-refractivity contribution in [3.8, 4) is 0 Å².